The van der Waals surface area contributed by atoms with Crippen LogP contribution in [0.15, 0.2) is 35.2 Å². The van der Waals surface area contributed by atoms with Gasteiger partial charge in [-0.1, -0.05) is 40.7 Å². The Balaban J connectivity index is 1.82. The van der Waals surface area contributed by atoms with Gasteiger partial charge in [0, 0.05) is 36.5 Å². The van der Waals surface area contributed by atoms with Crippen LogP contribution in [0.1, 0.15) is 78.7 Å². The highest BCUT2D eigenvalue weighted by Crippen LogP contribution is 2.69. The maximum absolute atomic E-state index is 14.4. The van der Waals surface area contributed by atoms with Crippen molar-refractivity contribution in [2.75, 3.05) is 13.7 Å². The summed E-state index contributed by atoms with van der Waals surface area (Å²) in [6, 6.07) is 1.59. The molecule has 0 spiro atoms. The minimum absolute atomic E-state index is 0.117. The first-order chi connectivity index (χ1) is 23.8. The molecule has 4 aliphatic rings. The molecule has 15 heteroatoms. The average molecular weight is 721 g/mol. The van der Waals surface area contributed by atoms with Crippen molar-refractivity contribution < 1.29 is 72.1 Å². The van der Waals surface area contributed by atoms with Crippen LogP contribution in [0.4, 0.5) is 0 Å². The van der Waals surface area contributed by atoms with Crippen molar-refractivity contribution >= 4 is 30.2 Å². The molecule has 1 unspecified atom stereocenters. The van der Waals surface area contributed by atoms with Crippen LogP contribution in [0.3, 0.4) is 0 Å². The molecule has 2 aliphatic heterocycles. The fourth-order valence-corrected chi connectivity index (χ4v) is 9.45. The van der Waals surface area contributed by atoms with Gasteiger partial charge in [0.05, 0.1) is 50.1 Å². The van der Waals surface area contributed by atoms with Gasteiger partial charge in [0.15, 0.2) is 17.5 Å². The molecule has 2 aliphatic carbocycles. The number of fused-ring (bicyclic) bond motifs is 3. The van der Waals surface area contributed by atoms with Gasteiger partial charge in [0.2, 0.25) is 0 Å². The summed E-state index contributed by atoms with van der Waals surface area (Å²) in [7, 11) is 1.17. The van der Waals surface area contributed by atoms with E-state index in [2.05, 4.69) is 6.58 Å². The average Bonchev–Trinajstić information content (AvgIpc) is 3.76. The molecule has 13 atom stereocenters. The zero-order valence-corrected chi connectivity index (χ0v) is 29.9. The second kappa shape index (κ2) is 13.4. The second-order valence-corrected chi connectivity index (χ2v) is 15.0. The minimum atomic E-state index is -2.51. The molecule has 2 bridgehead atoms. The van der Waals surface area contributed by atoms with Crippen LogP contribution < -0.4 is 0 Å². The molecule has 1 aromatic rings. The summed E-state index contributed by atoms with van der Waals surface area (Å²) in [5, 5.41) is 35.5. The van der Waals surface area contributed by atoms with E-state index in [1.165, 1.54) is 26.6 Å². The smallest absolute Gasteiger partial charge is 0.335 e. The topological polar surface area (TPSA) is 215 Å². The first-order valence-corrected chi connectivity index (χ1v) is 17.0. The van der Waals surface area contributed by atoms with E-state index in [-0.39, 0.29) is 25.1 Å². The third-order valence-corrected chi connectivity index (χ3v) is 12.4. The van der Waals surface area contributed by atoms with Gasteiger partial charge in [-0.3, -0.25) is 19.2 Å². The lowest BCUT2D eigenvalue weighted by atomic mass is 9.46. The van der Waals surface area contributed by atoms with Crippen LogP contribution in [0.5, 0.6) is 0 Å². The number of aliphatic hydroxyl groups is 3. The summed E-state index contributed by atoms with van der Waals surface area (Å²) in [6.45, 7) is 13.3. The number of furan rings is 1. The third kappa shape index (κ3) is 5.81. The number of methoxy groups -OCH3 is 1. The fraction of sp³-hybridized carbons (Fsp3) is 0.694. The van der Waals surface area contributed by atoms with Gasteiger partial charge >= 0.3 is 17.9 Å². The van der Waals surface area contributed by atoms with Crippen LogP contribution in [0, 0.1) is 28.6 Å². The zero-order chi connectivity index (χ0) is 37.9. The van der Waals surface area contributed by atoms with Gasteiger partial charge < -0.3 is 48.2 Å². The first kappa shape index (κ1) is 38.6. The lowest BCUT2D eigenvalue weighted by molar-refractivity contribution is -0.328. The van der Waals surface area contributed by atoms with E-state index in [1.54, 1.807) is 33.8 Å². The number of Topliss-reactive ketones (excluding diaryl/α,β-unsaturated/α-hetero) is 1. The standard InChI is InChI=1S/C36H48O15/c1-9-18(2)28(41)31(42)50-30-29(47-17-37)27(19(3)36(44)24(39)12-22(34(30,36)7)21-10-11-46-15-21)33(6)23(13-26(40)45-8)32(5)16-48-35(43,51-32)14-25(33)49-20(4)38/h10-11,15,17-18,22-23,25,27-30,41,43-44H,3,9,12-14,16H2,1-2,4-8H3/t18-,22+,23+,25+,27?,28-,29-,30+,32-,33-,34-,35+,36-/m1/s1. The number of rotatable bonds is 11. The predicted molar refractivity (Wildman–Crippen MR) is 172 cm³/mol. The lowest BCUT2D eigenvalue weighted by Gasteiger charge is -2.61. The van der Waals surface area contributed by atoms with Crippen molar-refractivity contribution in [3.8, 4) is 0 Å². The molecular formula is C36H48O15. The first-order valence-electron chi connectivity index (χ1n) is 17.0. The van der Waals surface area contributed by atoms with Crippen LogP contribution in [-0.4, -0.2) is 101 Å². The number of carbonyl (C=O) groups excluding carboxylic acids is 5. The number of esters is 3. The van der Waals surface area contributed by atoms with E-state index >= 15 is 0 Å². The summed E-state index contributed by atoms with van der Waals surface area (Å²) in [5.74, 6) is -9.67. The van der Waals surface area contributed by atoms with Crippen molar-refractivity contribution in [3.63, 3.8) is 0 Å². The van der Waals surface area contributed by atoms with E-state index in [9.17, 15) is 39.3 Å². The molecule has 2 saturated heterocycles. The van der Waals surface area contributed by atoms with Gasteiger partial charge in [0.1, 0.15) is 18.3 Å². The van der Waals surface area contributed by atoms with Gasteiger partial charge in [-0.05, 0) is 30.0 Å². The van der Waals surface area contributed by atoms with Crippen molar-refractivity contribution in [1.82, 2.24) is 0 Å². The highest BCUT2D eigenvalue weighted by Gasteiger charge is 2.78. The summed E-state index contributed by atoms with van der Waals surface area (Å²) in [6.07, 6.45) is -4.39. The minimum Gasteiger partial charge on any atom is -0.472 e. The predicted octanol–water partition coefficient (Wildman–Crippen LogP) is 2.09. The van der Waals surface area contributed by atoms with Gasteiger partial charge in [-0.2, -0.15) is 0 Å². The van der Waals surface area contributed by atoms with Crippen molar-refractivity contribution in [2.24, 2.45) is 28.6 Å². The summed E-state index contributed by atoms with van der Waals surface area (Å²) < 4.78 is 40.0. The normalized spacial score (nSPS) is 41.5. The van der Waals surface area contributed by atoms with Crippen molar-refractivity contribution in [1.29, 1.82) is 0 Å². The van der Waals surface area contributed by atoms with Crippen LogP contribution >= 0.6 is 0 Å². The number of aliphatic hydroxyl groups excluding tert-OH is 1. The molecule has 0 aromatic carbocycles. The Kier molecular flexibility index (Phi) is 10.1. The SMILES string of the molecule is C=C1C([C@@]2(C)[C@@H](OC(C)=O)C[C@]3(O)OC[C@@](C)(O3)[C@@H]2CC(=O)OC)[C@@H](OC=O)[C@H](OC(=O)[C@H](O)[C@H](C)CC)[C@@]2(C)[C@H](c3ccoc3)CC(=O)[C@]12O. The number of hydrogen-bond donors (Lipinski definition) is 3. The quantitative estimate of drug-likeness (QED) is 0.129. The Morgan fingerprint density at radius 1 is 1.18 bits per heavy atom. The molecule has 0 radical (unpaired) electrons. The molecule has 3 N–H and O–H groups in total. The second-order valence-electron chi connectivity index (χ2n) is 15.0. The summed E-state index contributed by atoms with van der Waals surface area (Å²) >= 11 is 0. The molecule has 5 rings (SSSR count). The number of ketones is 1. The van der Waals surface area contributed by atoms with E-state index in [1.807, 2.05) is 0 Å². The highest BCUT2D eigenvalue weighted by atomic mass is 16.9. The lowest BCUT2D eigenvalue weighted by Crippen LogP contribution is -2.72. The maximum atomic E-state index is 14.4. The maximum Gasteiger partial charge on any atom is 0.335 e. The molecule has 0 amide bonds. The number of carbonyl (C=O) groups is 5. The molecule has 15 nitrogen and oxygen atoms in total. The molecule has 1 aromatic heterocycles. The van der Waals surface area contributed by atoms with Crippen LogP contribution in [-0.2, 0) is 52.4 Å². The fourth-order valence-electron chi connectivity index (χ4n) is 9.45. The van der Waals surface area contributed by atoms with Gasteiger partial charge in [-0.15, -0.1) is 0 Å². The third-order valence-electron chi connectivity index (χ3n) is 12.4. The molecular weight excluding hydrogens is 672 g/mol. The van der Waals surface area contributed by atoms with Crippen LogP contribution in [0.25, 0.3) is 0 Å². The largest absolute Gasteiger partial charge is 0.472 e. The molecule has 282 valence electrons. The Morgan fingerprint density at radius 3 is 2.43 bits per heavy atom. The van der Waals surface area contributed by atoms with Crippen molar-refractivity contribution in [2.45, 2.75) is 115 Å². The Bertz CT molecular complexity index is 1560. The Morgan fingerprint density at radius 2 is 1.86 bits per heavy atom. The number of ether oxygens (including phenoxy) is 6. The van der Waals surface area contributed by atoms with Crippen molar-refractivity contribution in [3.05, 3.63) is 36.3 Å². The molecule has 4 fully saturated rings. The van der Waals surface area contributed by atoms with E-state index < -0.39 is 113 Å². The number of hydrogen-bond acceptors (Lipinski definition) is 15. The zero-order valence-electron chi connectivity index (χ0n) is 29.9. The Labute approximate surface area is 295 Å². The molecule has 2 saturated carbocycles. The molecule has 3 heterocycles. The van der Waals surface area contributed by atoms with Gasteiger partial charge in [-0.25, -0.2) is 4.79 Å². The van der Waals surface area contributed by atoms with E-state index in [0.717, 1.165) is 6.92 Å². The summed E-state index contributed by atoms with van der Waals surface area (Å²) in [4.78, 5) is 66.6. The molecule has 51 heavy (non-hydrogen) atoms. The Hall–Kier alpha value is -3.63. The highest BCUT2D eigenvalue weighted by molar-refractivity contribution is 5.96. The van der Waals surface area contributed by atoms with Crippen LogP contribution in [0.2, 0.25) is 0 Å². The monoisotopic (exact) mass is 720 g/mol. The van der Waals surface area contributed by atoms with Gasteiger partial charge in [0.25, 0.3) is 12.4 Å². The van der Waals surface area contributed by atoms with E-state index in [0.29, 0.717) is 12.0 Å². The van der Waals surface area contributed by atoms with E-state index in [4.69, 9.17) is 32.8 Å². The summed E-state index contributed by atoms with van der Waals surface area (Å²) in [5.41, 5.74) is -7.24.